The molecule has 0 saturated carbocycles. The molecule has 9 heteroatoms. The van der Waals surface area contributed by atoms with Crippen molar-refractivity contribution in [1.29, 1.82) is 5.26 Å². The lowest BCUT2D eigenvalue weighted by Gasteiger charge is -2.13. The molecule has 0 unspecified atom stereocenters. The zero-order valence-electron chi connectivity index (χ0n) is 19.2. The van der Waals surface area contributed by atoms with Gasteiger partial charge in [-0.25, -0.2) is 14.4 Å². The maximum atomic E-state index is 13.3. The monoisotopic (exact) mass is 495 g/mol. The standard InChI is InChI=1S/C27H18FN5O2S/c1-15-11-19(20-12-16(13-29)3-10-24(20)35-2)21(14-30-15)25(34)33-27-32-23-9-8-22(31-26(23)36-27)17-4-6-18(28)7-5-17/h3-12,14H,1-2H3,(H,32,33,34). The molecule has 5 aromatic rings. The van der Waals surface area contributed by atoms with E-state index in [9.17, 15) is 14.4 Å². The molecule has 0 aliphatic heterocycles. The summed E-state index contributed by atoms with van der Waals surface area (Å²) in [5, 5.41) is 12.6. The molecule has 1 N–H and O–H groups in total. The average Bonchev–Trinajstić information content (AvgIpc) is 3.30. The van der Waals surface area contributed by atoms with Crippen LogP contribution in [0, 0.1) is 24.1 Å². The van der Waals surface area contributed by atoms with Crippen LogP contribution in [0.4, 0.5) is 9.52 Å². The molecule has 0 saturated heterocycles. The lowest BCUT2D eigenvalue weighted by Crippen LogP contribution is -2.14. The number of halogens is 1. The first-order valence-corrected chi connectivity index (χ1v) is 11.7. The fourth-order valence-electron chi connectivity index (χ4n) is 3.77. The van der Waals surface area contributed by atoms with Crippen LogP contribution in [0.25, 0.3) is 32.7 Å². The summed E-state index contributed by atoms with van der Waals surface area (Å²) in [6.07, 6.45) is 1.50. The summed E-state index contributed by atoms with van der Waals surface area (Å²) < 4.78 is 18.8. The minimum Gasteiger partial charge on any atom is -0.496 e. The third-order valence-corrected chi connectivity index (χ3v) is 6.40. The molecular formula is C27H18FN5O2S. The summed E-state index contributed by atoms with van der Waals surface area (Å²) in [4.78, 5) is 27.4. The largest absolute Gasteiger partial charge is 0.496 e. The van der Waals surface area contributed by atoms with E-state index in [1.807, 2.05) is 13.0 Å². The predicted octanol–water partition coefficient (Wildman–Crippen LogP) is 6.00. The van der Waals surface area contributed by atoms with Crippen LogP contribution in [0.5, 0.6) is 5.75 Å². The molecule has 1 amide bonds. The van der Waals surface area contributed by atoms with Crippen LogP contribution in [0.3, 0.4) is 0 Å². The maximum Gasteiger partial charge on any atom is 0.259 e. The van der Waals surface area contributed by atoms with Gasteiger partial charge in [0.15, 0.2) is 5.13 Å². The second-order valence-electron chi connectivity index (χ2n) is 7.90. The van der Waals surface area contributed by atoms with E-state index >= 15 is 0 Å². The molecule has 0 spiro atoms. The Morgan fingerprint density at radius 3 is 2.61 bits per heavy atom. The number of nitriles is 1. The minimum atomic E-state index is -0.403. The number of carbonyl (C=O) groups is 1. The molecule has 5 rings (SSSR count). The fraction of sp³-hybridized carbons (Fsp3) is 0.0741. The van der Waals surface area contributed by atoms with Gasteiger partial charge in [-0.3, -0.25) is 15.1 Å². The Balaban J connectivity index is 1.49. The number of aromatic nitrogens is 3. The molecule has 0 bridgehead atoms. The molecular weight excluding hydrogens is 477 g/mol. The highest BCUT2D eigenvalue weighted by Crippen LogP contribution is 2.34. The quantitative estimate of drug-likeness (QED) is 0.321. The first-order valence-electron chi connectivity index (χ1n) is 10.8. The maximum absolute atomic E-state index is 13.3. The van der Waals surface area contributed by atoms with Gasteiger partial charge >= 0.3 is 0 Å². The third kappa shape index (κ3) is 4.50. The van der Waals surface area contributed by atoms with Crippen LogP contribution in [-0.2, 0) is 0 Å². The number of hydrogen-bond donors (Lipinski definition) is 1. The van der Waals surface area contributed by atoms with Gasteiger partial charge in [0.25, 0.3) is 5.91 Å². The van der Waals surface area contributed by atoms with E-state index in [-0.39, 0.29) is 5.82 Å². The highest BCUT2D eigenvalue weighted by molar-refractivity contribution is 7.22. The minimum absolute atomic E-state index is 0.313. The van der Waals surface area contributed by atoms with Crippen LogP contribution < -0.4 is 10.1 Å². The second-order valence-corrected chi connectivity index (χ2v) is 8.88. The Kier molecular flexibility index (Phi) is 6.10. The number of pyridine rings is 2. The van der Waals surface area contributed by atoms with Gasteiger partial charge in [0.2, 0.25) is 0 Å². The summed E-state index contributed by atoms with van der Waals surface area (Å²) in [5.41, 5.74) is 4.76. The lowest BCUT2D eigenvalue weighted by molar-refractivity contribution is 0.102. The Bertz CT molecular complexity index is 1660. The molecule has 2 aromatic carbocycles. The van der Waals surface area contributed by atoms with Gasteiger partial charge in [-0.2, -0.15) is 5.26 Å². The smallest absolute Gasteiger partial charge is 0.259 e. The van der Waals surface area contributed by atoms with E-state index in [0.717, 1.165) is 5.56 Å². The number of fused-ring (bicyclic) bond motifs is 1. The van der Waals surface area contributed by atoms with Gasteiger partial charge in [0.05, 0.1) is 30.0 Å². The van der Waals surface area contributed by atoms with Crippen molar-refractivity contribution < 1.29 is 13.9 Å². The molecule has 3 aromatic heterocycles. The summed E-state index contributed by atoms with van der Waals surface area (Å²) >= 11 is 1.23. The Morgan fingerprint density at radius 1 is 1.06 bits per heavy atom. The van der Waals surface area contributed by atoms with Crippen molar-refractivity contribution in [2.24, 2.45) is 0 Å². The van der Waals surface area contributed by atoms with Crippen molar-refractivity contribution >= 4 is 32.7 Å². The number of methoxy groups -OCH3 is 1. The van der Waals surface area contributed by atoms with E-state index < -0.39 is 5.91 Å². The van der Waals surface area contributed by atoms with E-state index in [2.05, 4.69) is 26.3 Å². The van der Waals surface area contributed by atoms with Gasteiger partial charge in [-0.05, 0) is 67.6 Å². The molecule has 0 fully saturated rings. The van der Waals surface area contributed by atoms with E-state index in [1.54, 1.807) is 42.5 Å². The van der Waals surface area contributed by atoms with Crippen molar-refractivity contribution in [2.75, 3.05) is 12.4 Å². The summed E-state index contributed by atoms with van der Waals surface area (Å²) in [5.74, 6) is -0.185. The SMILES string of the molecule is COc1ccc(C#N)cc1-c1cc(C)ncc1C(=O)Nc1nc2ccc(-c3ccc(F)cc3)nc2s1. The zero-order valence-corrected chi connectivity index (χ0v) is 20.1. The Morgan fingerprint density at radius 2 is 1.86 bits per heavy atom. The Hall–Kier alpha value is -4.68. The summed E-state index contributed by atoms with van der Waals surface area (Å²) in [6.45, 7) is 1.82. The number of anilines is 1. The predicted molar refractivity (Wildman–Crippen MR) is 136 cm³/mol. The molecule has 7 nitrogen and oxygen atoms in total. The number of rotatable bonds is 5. The highest BCUT2D eigenvalue weighted by Gasteiger charge is 2.19. The highest BCUT2D eigenvalue weighted by atomic mass is 32.1. The molecule has 176 valence electrons. The second kappa shape index (κ2) is 9.52. The van der Waals surface area contributed by atoms with Crippen LogP contribution in [-0.4, -0.2) is 28.0 Å². The van der Waals surface area contributed by atoms with E-state index in [0.29, 0.717) is 54.9 Å². The van der Waals surface area contributed by atoms with Crippen LogP contribution >= 0.6 is 11.3 Å². The zero-order chi connectivity index (χ0) is 25.2. The number of thiazole rings is 1. The first-order chi connectivity index (χ1) is 17.4. The number of benzene rings is 2. The van der Waals surface area contributed by atoms with Gasteiger partial charge < -0.3 is 4.74 Å². The number of carbonyl (C=O) groups excluding carboxylic acids is 1. The molecule has 0 aliphatic rings. The molecule has 3 heterocycles. The van der Waals surface area contributed by atoms with Gasteiger partial charge in [0.1, 0.15) is 21.9 Å². The fourth-order valence-corrected chi connectivity index (χ4v) is 4.60. The topological polar surface area (TPSA) is 101 Å². The van der Waals surface area contributed by atoms with E-state index in [4.69, 9.17) is 4.74 Å². The molecule has 36 heavy (non-hydrogen) atoms. The van der Waals surface area contributed by atoms with Crippen molar-refractivity contribution in [3.8, 4) is 34.2 Å². The van der Waals surface area contributed by atoms with Gasteiger partial charge in [0, 0.05) is 28.6 Å². The number of ether oxygens (including phenoxy) is 1. The first kappa shape index (κ1) is 23.1. The van der Waals surface area contributed by atoms with Gasteiger partial charge in [-0.1, -0.05) is 11.3 Å². The van der Waals surface area contributed by atoms with Crippen molar-refractivity contribution in [2.45, 2.75) is 6.92 Å². The summed E-state index contributed by atoms with van der Waals surface area (Å²) in [7, 11) is 1.53. The lowest BCUT2D eigenvalue weighted by atomic mass is 9.97. The van der Waals surface area contributed by atoms with Crippen LogP contribution in [0.15, 0.2) is 66.9 Å². The number of amides is 1. The Labute approximate surface area is 209 Å². The average molecular weight is 496 g/mol. The summed E-state index contributed by atoms with van der Waals surface area (Å²) in [6, 6.07) is 18.6. The molecule has 0 atom stereocenters. The van der Waals surface area contributed by atoms with Crippen molar-refractivity contribution in [3.05, 3.63) is 89.5 Å². The molecule has 0 aliphatic carbocycles. The van der Waals surface area contributed by atoms with Crippen molar-refractivity contribution in [3.63, 3.8) is 0 Å². The number of hydrogen-bond acceptors (Lipinski definition) is 7. The van der Waals surface area contributed by atoms with E-state index in [1.165, 1.54) is 36.8 Å². The number of nitrogens with zero attached hydrogens (tertiary/aromatic N) is 4. The number of nitrogens with one attached hydrogen (secondary N) is 1. The van der Waals surface area contributed by atoms with Crippen LogP contribution in [0.1, 0.15) is 21.6 Å². The normalized spacial score (nSPS) is 10.7. The third-order valence-electron chi connectivity index (χ3n) is 5.52. The molecule has 0 radical (unpaired) electrons. The van der Waals surface area contributed by atoms with Crippen molar-refractivity contribution in [1.82, 2.24) is 15.0 Å². The number of aryl methyl sites for hydroxylation is 1. The van der Waals surface area contributed by atoms with Gasteiger partial charge in [-0.15, -0.1) is 0 Å². The van der Waals surface area contributed by atoms with Crippen LogP contribution in [0.2, 0.25) is 0 Å².